The Bertz CT molecular complexity index is 57.7. The Morgan fingerprint density at radius 1 is 1.50 bits per heavy atom. The van der Waals surface area contributed by atoms with E-state index in [0.29, 0.717) is 0 Å². The fourth-order valence-corrected chi connectivity index (χ4v) is 0. The number of hydrogen-bond acceptors (Lipinski definition) is 1. The first kappa shape index (κ1) is 10.5. The van der Waals surface area contributed by atoms with Crippen LogP contribution in [0.25, 0.3) is 0 Å². The van der Waals surface area contributed by atoms with Gasteiger partial charge in [0.05, 0.1) is 0 Å². The van der Waals surface area contributed by atoms with Crippen LogP contribution in [0.5, 0.6) is 0 Å². The van der Waals surface area contributed by atoms with Gasteiger partial charge in [-0.05, 0) is 11.8 Å². The van der Waals surface area contributed by atoms with Gasteiger partial charge in [0.1, 0.15) is 0 Å². The van der Waals surface area contributed by atoms with Crippen molar-refractivity contribution >= 4 is 29.7 Å². The Labute approximate surface area is 59.0 Å². The minimum atomic E-state index is -3.11. The molecule has 0 radical (unpaired) electrons. The summed E-state index contributed by atoms with van der Waals surface area (Å²) >= 11 is 7.07. The van der Waals surface area contributed by atoms with Crippen LogP contribution in [0.4, 0.5) is 0 Å². The van der Waals surface area contributed by atoms with Crippen LogP contribution in [-0.2, 0) is 31.3 Å². The fourth-order valence-electron chi connectivity index (χ4n) is 0. The molecule has 0 aliphatic carbocycles. The first-order valence-corrected chi connectivity index (χ1v) is 4.64. The van der Waals surface area contributed by atoms with E-state index >= 15 is 0 Å². The van der Waals surface area contributed by atoms with Crippen molar-refractivity contribution in [2.24, 2.45) is 0 Å². The van der Waals surface area contributed by atoms with E-state index in [-0.39, 0.29) is 19.5 Å². The zero-order valence-electron chi connectivity index (χ0n) is 2.90. The van der Waals surface area contributed by atoms with Gasteiger partial charge >= 0.3 is 0 Å². The molecule has 0 amide bonds. The Kier molecular flexibility index (Phi) is 6.19. The van der Waals surface area contributed by atoms with Gasteiger partial charge in [-0.15, -0.1) is 0 Å². The summed E-state index contributed by atoms with van der Waals surface area (Å²) < 4.78 is 0. The van der Waals surface area contributed by atoms with E-state index < -0.39 is 5.69 Å². The molecular formula is H3O2PS2Zn. The summed E-state index contributed by atoms with van der Waals surface area (Å²) in [6.07, 6.45) is 0. The van der Waals surface area contributed by atoms with Crippen molar-refractivity contribution in [3.63, 3.8) is 0 Å². The third kappa shape index (κ3) is 48.0. The van der Waals surface area contributed by atoms with Gasteiger partial charge in [-0.1, -0.05) is 12.2 Å². The van der Waals surface area contributed by atoms with Gasteiger partial charge in [-0.3, -0.25) is 0 Å². The number of hydrogen-bond donors (Lipinski definition) is 3. The van der Waals surface area contributed by atoms with Gasteiger partial charge in [0.15, 0.2) is 0 Å². The van der Waals surface area contributed by atoms with E-state index in [1.54, 1.807) is 0 Å². The molecule has 0 heterocycles. The van der Waals surface area contributed by atoms with Crippen LogP contribution in [-0.4, -0.2) is 9.79 Å². The third-order valence-corrected chi connectivity index (χ3v) is 0. The fraction of sp³-hybridized carbons (Fsp3) is 0. The molecule has 0 fully saturated rings. The van der Waals surface area contributed by atoms with E-state index in [1.807, 2.05) is 0 Å². The topological polar surface area (TPSA) is 40.5 Å². The quantitative estimate of drug-likeness (QED) is 0.292. The van der Waals surface area contributed by atoms with Gasteiger partial charge in [0.25, 0.3) is 0 Å². The van der Waals surface area contributed by atoms with Crippen molar-refractivity contribution in [2.45, 2.75) is 0 Å². The van der Waals surface area contributed by atoms with Gasteiger partial charge in [-0.2, -0.15) is 0 Å². The molecule has 0 aliphatic heterocycles. The number of rotatable bonds is 0. The van der Waals surface area contributed by atoms with Crippen LogP contribution in [0, 0.1) is 0 Å². The maximum absolute atomic E-state index is 7.87. The minimum Gasteiger partial charge on any atom is -0.338 e. The molecule has 6 heteroatoms. The summed E-state index contributed by atoms with van der Waals surface area (Å²) in [4.78, 5) is 15.7. The van der Waals surface area contributed by atoms with E-state index in [4.69, 9.17) is 9.79 Å². The van der Waals surface area contributed by atoms with Crippen molar-refractivity contribution < 1.29 is 29.3 Å². The standard InChI is InChI=1S/H3O2PS2.Zn/c1-3(2,4)5;/h(H3,1,2,4,5);. The third-order valence-electron chi connectivity index (χ3n) is 0. The van der Waals surface area contributed by atoms with Gasteiger partial charge in [0.2, 0.25) is 5.69 Å². The molecule has 0 bridgehead atoms. The van der Waals surface area contributed by atoms with E-state index in [9.17, 15) is 0 Å². The Balaban J connectivity index is 0. The Morgan fingerprint density at radius 2 is 1.50 bits per heavy atom. The van der Waals surface area contributed by atoms with Crippen LogP contribution < -0.4 is 0 Å². The zero-order valence-corrected chi connectivity index (χ0v) is 8.48. The van der Waals surface area contributed by atoms with Crippen molar-refractivity contribution in [3.05, 3.63) is 0 Å². The molecule has 0 saturated carbocycles. The monoisotopic (exact) mass is 194 g/mol. The van der Waals surface area contributed by atoms with Crippen molar-refractivity contribution in [2.75, 3.05) is 0 Å². The van der Waals surface area contributed by atoms with Crippen molar-refractivity contribution in [1.29, 1.82) is 0 Å². The smallest absolute Gasteiger partial charge is 0.239 e. The average Bonchev–Trinajstić information content (AvgIpc) is 0.722. The molecule has 0 aromatic heterocycles. The van der Waals surface area contributed by atoms with Crippen LogP contribution in [0.15, 0.2) is 0 Å². The van der Waals surface area contributed by atoms with Crippen LogP contribution in [0.3, 0.4) is 0 Å². The SMILES string of the molecule is OP(O)(=S)S.[Zn]. The summed E-state index contributed by atoms with van der Waals surface area (Å²) in [6, 6.07) is 0. The molecule has 2 N–H and O–H groups in total. The molecule has 0 aromatic rings. The molecule has 0 spiro atoms. The molecule has 6 heavy (non-hydrogen) atoms. The summed E-state index contributed by atoms with van der Waals surface area (Å²) in [5, 5.41) is 0. The Hall–Kier alpha value is 1.54. The van der Waals surface area contributed by atoms with Crippen molar-refractivity contribution in [1.82, 2.24) is 0 Å². The molecular weight excluding hydrogens is 192 g/mol. The second-order valence-electron chi connectivity index (χ2n) is 0.513. The van der Waals surface area contributed by atoms with E-state index in [1.165, 1.54) is 0 Å². The molecule has 0 rings (SSSR count). The molecule has 0 atom stereocenters. The first-order chi connectivity index (χ1) is 2.00. The molecule has 34 valence electrons. The normalized spacial score (nSPS) is 9.83. The maximum Gasteiger partial charge on any atom is 0.239 e. The zero-order chi connectivity index (χ0) is 4.50. The number of thiol groups is 1. The summed E-state index contributed by atoms with van der Waals surface area (Å²) in [6.45, 7) is 0. The predicted octanol–water partition coefficient (Wildman–Crippen LogP) is 0.123. The summed E-state index contributed by atoms with van der Waals surface area (Å²) in [7, 11) is 0. The summed E-state index contributed by atoms with van der Waals surface area (Å²) in [5.41, 5.74) is -3.11. The largest absolute Gasteiger partial charge is 0.338 e. The second-order valence-corrected chi connectivity index (χ2v) is 5.55. The van der Waals surface area contributed by atoms with Crippen LogP contribution in [0.2, 0.25) is 0 Å². The van der Waals surface area contributed by atoms with Crippen molar-refractivity contribution in [3.8, 4) is 0 Å². The van der Waals surface area contributed by atoms with E-state index in [0.717, 1.165) is 0 Å². The molecule has 2 nitrogen and oxygen atoms in total. The van der Waals surface area contributed by atoms with E-state index in [2.05, 4.69) is 24.1 Å². The van der Waals surface area contributed by atoms with Gasteiger partial charge in [-0.25, -0.2) is 0 Å². The Morgan fingerprint density at radius 3 is 1.50 bits per heavy atom. The summed E-state index contributed by atoms with van der Waals surface area (Å²) in [5.74, 6) is 0. The second kappa shape index (κ2) is 3.53. The van der Waals surface area contributed by atoms with Gasteiger partial charge < -0.3 is 9.79 Å². The molecule has 0 aliphatic rings. The van der Waals surface area contributed by atoms with Crippen LogP contribution >= 0.6 is 17.9 Å². The maximum atomic E-state index is 7.87. The molecule has 0 aromatic carbocycles. The minimum absolute atomic E-state index is 0. The van der Waals surface area contributed by atoms with Crippen LogP contribution in [0.1, 0.15) is 0 Å². The average molecular weight is 196 g/mol. The van der Waals surface area contributed by atoms with Gasteiger partial charge in [0, 0.05) is 19.5 Å². The predicted molar refractivity (Wildman–Crippen MR) is 27.7 cm³/mol. The molecule has 0 unspecified atom stereocenters. The molecule has 0 saturated heterocycles. The first-order valence-electron chi connectivity index (χ1n) is 0.783.